The Morgan fingerprint density at radius 1 is 1.14 bits per heavy atom. The van der Waals surface area contributed by atoms with Gasteiger partial charge in [-0.05, 0) is 23.8 Å². The number of carbonyl (C=O) groups excluding carboxylic acids is 1. The fourth-order valence-electron chi connectivity index (χ4n) is 2.41. The van der Waals surface area contributed by atoms with Crippen LogP contribution in [0, 0.1) is 0 Å². The van der Waals surface area contributed by atoms with Gasteiger partial charge in [-0.3, -0.25) is 4.79 Å². The van der Waals surface area contributed by atoms with E-state index in [0.717, 1.165) is 0 Å². The quantitative estimate of drug-likeness (QED) is 0.891. The van der Waals surface area contributed by atoms with Crippen molar-refractivity contribution in [3.63, 3.8) is 0 Å². The second-order valence-corrected chi connectivity index (χ2v) is 5.62. The Bertz CT molecular complexity index is 710. The maximum Gasteiger partial charge on any atom is 0.256 e. The molecule has 2 N–H and O–H groups in total. The lowest BCUT2D eigenvalue weighted by Crippen LogP contribution is -2.27. The van der Waals surface area contributed by atoms with Gasteiger partial charge >= 0.3 is 0 Å². The lowest BCUT2D eigenvalue weighted by atomic mass is 10.1. The molecule has 4 nitrogen and oxygen atoms in total. The molecule has 1 heterocycles. The molecule has 1 aliphatic rings. The van der Waals surface area contributed by atoms with Gasteiger partial charge in [0.05, 0.1) is 10.0 Å². The van der Waals surface area contributed by atoms with E-state index >= 15 is 0 Å². The molecule has 0 aliphatic carbocycles. The summed E-state index contributed by atoms with van der Waals surface area (Å²) in [6.07, 6.45) is -1.000. The Morgan fingerprint density at radius 3 is 2.38 bits per heavy atom. The summed E-state index contributed by atoms with van der Waals surface area (Å²) in [5.74, 6) is -0.447. The van der Waals surface area contributed by atoms with Gasteiger partial charge in [0.1, 0.15) is 0 Å². The van der Waals surface area contributed by atoms with Crippen LogP contribution in [-0.4, -0.2) is 21.0 Å². The molecule has 0 radical (unpaired) electrons. The van der Waals surface area contributed by atoms with Crippen LogP contribution in [0.2, 0.25) is 10.0 Å². The number of amides is 1. The molecule has 0 aromatic heterocycles. The topological polar surface area (TPSA) is 60.8 Å². The monoisotopic (exact) mass is 323 g/mol. The van der Waals surface area contributed by atoms with Gasteiger partial charge in [-0.25, -0.2) is 0 Å². The van der Waals surface area contributed by atoms with Crippen LogP contribution >= 0.6 is 23.2 Å². The number of phenols is 1. The Hall–Kier alpha value is -1.75. The van der Waals surface area contributed by atoms with E-state index in [1.54, 1.807) is 24.3 Å². The third kappa shape index (κ3) is 2.35. The van der Waals surface area contributed by atoms with Crippen LogP contribution in [0.15, 0.2) is 36.4 Å². The van der Waals surface area contributed by atoms with Crippen LogP contribution in [0.5, 0.6) is 5.75 Å². The molecule has 1 aliphatic heterocycles. The third-order valence-corrected chi connectivity index (χ3v) is 4.03. The van der Waals surface area contributed by atoms with Crippen LogP contribution in [-0.2, 0) is 6.54 Å². The molecule has 1 amide bonds. The van der Waals surface area contributed by atoms with Crippen molar-refractivity contribution in [3.05, 3.63) is 63.1 Å². The molecule has 0 fully saturated rings. The van der Waals surface area contributed by atoms with Crippen LogP contribution in [0.4, 0.5) is 0 Å². The molecular weight excluding hydrogens is 313 g/mol. The zero-order valence-electron chi connectivity index (χ0n) is 10.8. The number of rotatable bonds is 2. The molecular formula is C15H11Cl2NO3. The summed E-state index contributed by atoms with van der Waals surface area (Å²) in [4.78, 5) is 13.6. The standard InChI is InChI=1S/C15H11Cl2NO3/c16-11-5-8(6-12(17)13(11)19)7-18-14(20)9-3-1-2-4-10(9)15(18)21/h1-6,14,19-20H,7H2. The summed E-state index contributed by atoms with van der Waals surface area (Å²) in [6, 6.07) is 9.96. The van der Waals surface area contributed by atoms with Crippen molar-refractivity contribution in [3.8, 4) is 5.75 Å². The van der Waals surface area contributed by atoms with Crippen molar-refractivity contribution in [1.82, 2.24) is 4.90 Å². The minimum atomic E-state index is -1.000. The molecule has 108 valence electrons. The smallest absolute Gasteiger partial charge is 0.256 e. The number of carbonyl (C=O) groups is 1. The molecule has 6 heteroatoms. The van der Waals surface area contributed by atoms with Crippen LogP contribution < -0.4 is 0 Å². The maximum absolute atomic E-state index is 12.3. The number of hydrogen-bond donors (Lipinski definition) is 2. The summed E-state index contributed by atoms with van der Waals surface area (Å²) in [7, 11) is 0. The highest BCUT2D eigenvalue weighted by atomic mass is 35.5. The first-order valence-electron chi connectivity index (χ1n) is 6.24. The van der Waals surface area contributed by atoms with Crippen molar-refractivity contribution >= 4 is 29.1 Å². The molecule has 2 aromatic rings. The molecule has 21 heavy (non-hydrogen) atoms. The second-order valence-electron chi connectivity index (χ2n) is 4.80. The molecule has 0 bridgehead atoms. The van der Waals surface area contributed by atoms with Crippen molar-refractivity contribution in [1.29, 1.82) is 0 Å². The minimum absolute atomic E-state index is 0.108. The fourth-order valence-corrected chi connectivity index (χ4v) is 2.95. The molecule has 0 saturated carbocycles. The number of fused-ring (bicyclic) bond motifs is 1. The number of phenolic OH excluding ortho intramolecular Hbond substituents is 1. The van der Waals surface area contributed by atoms with Crippen molar-refractivity contribution in [2.75, 3.05) is 0 Å². The van der Waals surface area contributed by atoms with Gasteiger partial charge < -0.3 is 15.1 Å². The number of benzene rings is 2. The van der Waals surface area contributed by atoms with E-state index in [4.69, 9.17) is 23.2 Å². The molecule has 2 aromatic carbocycles. The number of halogens is 2. The predicted molar refractivity (Wildman–Crippen MR) is 79.4 cm³/mol. The normalized spacial score (nSPS) is 17.2. The van der Waals surface area contributed by atoms with E-state index in [1.807, 2.05) is 0 Å². The SMILES string of the molecule is O=C1c2ccccc2C(O)N1Cc1cc(Cl)c(O)c(Cl)c1. The largest absolute Gasteiger partial charge is 0.505 e. The van der Waals surface area contributed by atoms with Crippen molar-refractivity contribution in [2.45, 2.75) is 12.8 Å². The first kappa shape index (κ1) is 14.2. The Labute approximate surface area is 131 Å². The zero-order valence-corrected chi connectivity index (χ0v) is 12.3. The highest BCUT2D eigenvalue weighted by molar-refractivity contribution is 6.37. The number of hydrogen-bond acceptors (Lipinski definition) is 3. The Morgan fingerprint density at radius 2 is 1.76 bits per heavy atom. The highest BCUT2D eigenvalue weighted by Gasteiger charge is 2.35. The average molecular weight is 324 g/mol. The van der Waals surface area contributed by atoms with E-state index < -0.39 is 6.23 Å². The highest BCUT2D eigenvalue weighted by Crippen LogP contribution is 2.36. The van der Waals surface area contributed by atoms with E-state index in [0.29, 0.717) is 16.7 Å². The zero-order chi connectivity index (χ0) is 15.1. The van der Waals surface area contributed by atoms with Gasteiger partial charge in [-0.15, -0.1) is 0 Å². The van der Waals surface area contributed by atoms with Crippen LogP contribution in [0.25, 0.3) is 0 Å². The second kappa shape index (κ2) is 5.22. The van der Waals surface area contributed by atoms with Gasteiger partial charge in [0, 0.05) is 17.7 Å². The summed E-state index contributed by atoms with van der Waals surface area (Å²) in [5, 5.41) is 20.0. The molecule has 0 saturated heterocycles. The number of aliphatic hydroxyl groups is 1. The molecule has 3 rings (SSSR count). The predicted octanol–water partition coefficient (Wildman–Crippen LogP) is 3.35. The van der Waals surface area contributed by atoms with Gasteiger partial charge in [0.25, 0.3) is 5.91 Å². The third-order valence-electron chi connectivity index (χ3n) is 3.46. The Kier molecular flexibility index (Phi) is 3.53. The summed E-state index contributed by atoms with van der Waals surface area (Å²) < 4.78 is 0. The van der Waals surface area contributed by atoms with E-state index in [1.165, 1.54) is 17.0 Å². The number of aromatic hydroxyl groups is 1. The fraction of sp³-hybridized carbons (Fsp3) is 0.133. The number of aliphatic hydroxyl groups excluding tert-OH is 1. The lowest BCUT2D eigenvalue weighted by Gasteiger charge is -2.21. The van der Waals surface area contributed by atoms with E-state index in [-0.39, 0.29) is 28.2 Å². The number of nitrogens with zero attached hydrogens (tertiary/aromatic N) is 1. The minimum Gasteiger partial charge on any atom is -0.505 e. The summed E-state index contributed by atoms with van der Waals surface area (Å²) in [5.41, 5.74) is 1.70. The van der Waals surface area contributed by atoms with Gasteiger partial charge in [-0.1, -0.05) is 41.4 Å². The summed E-state index contributed by atoms with van der Waals surface area (Å²) >= 11 is 11.7. The molecule has 1 unspecified atom stereocenters. The lowest BCUT2D eigenvalue weighted by molar-refractivity contribution is 0.0137. The van der Waals surface area contributed by atoms with Gasteiger partial charge in [0.2, 0.25) is 0 Å². The van der Waals surface area contributed by atoms with Gasteiger partial charge in [-0.2, -0.15) is 0 Å². The summed E-state index contributed by atoms with van der Waals surface area (Å²) in [6.45, 7) is 0.147. The van der Waals surface area contributed by atoms with Crippen LogP contribution in [0.1, 0.15) is 27.7 Å². The van der Waals surface area contributed by atoms with Crippen LogP contribution in [0.3, 0.4) is 0 Å². The maximum atomic E-state index is 12.3. The van der Waals surface area contributed by atoms with E-state index in [2.05, 4.69) is 0 Å². The van der Waals surface area contributed by atoms with Crippen molar-refractivity contribution in [2.24, 2.45) is 0 Å². The molecule has 1 atom stereocenters. The first-order valence-corrected chi connectivity index (χ1v) is 6.99. The Balaban J connectivity index is 1.92. The average Bonchev–Trinajstić information content (AvgIpc) is 2.70. The first-order chi connectivity index (χ1) is 9.99. The van der Waals surface area contributed by atoms with E-state index in [9.17, 15) is 15.0 Å². The van der Waals surface area contributed by atoms with Gasteiger partial charge in [0.15, 0.2) is 12.0 Å². The molecule has 0 spiro atoms. The van der Waals surface area contributed by atoms with Crippen molar-refractivity contribution < 1.29 is 15.0 Å².